The Bertz CT molecular complexity index is 816. The van der Waals surface area contributed by atoms with Crippen LogP contribution in [-0.4, -0.2) is 25.8 Å². The maximum absolute atomic E-state index is 12.5. The van der Waals surface area contributed by atoms with Gasteiger partial charge in [-0.15, -0.1) is 0 Å². The number of nitrogens with one attached hydrogen (secondary N) is 1. The standard InChI is InChI=1S/C18H19NO4S/c1-13-7-9-15(10-8-13)24(21,22)17-11-16(17)19-18(20)23-12-14-5-3-2-4-6-14/h2-10,16-17H,11-12H2,1H3,(H,19,20)/t16-,17-/m1/s1. The number of carbonyl (C=O) groups excluding carboxylic acids is 1. The topological polar surface area (TPSA) is 72.5 Å². The number of carbonyl (C=O) groups is 1. The average molecular weight is 345 g/mol. The average Bonchev–Trinajstić information content (AvgIpc) is 3.34. The summed E-state index contributed by atoms with van der Waals surface area (Å²) in [5.74, 6) is 0. The molecule has 6 heteroatoms. The number of alkyl carbamates (subject to hydrolysis) is 1. The first kappa shape index (κ1) is 16.5. The van der Waals surface area contributed by atoms with E-state index in [9.17, 15) is 13.2 Å². The maximum atomic E-state index is 12.5. The lowest BCUT2D eigenvalue weighted by Gasteiger charge is -2.08. The normalized spacial score (nSPS) is 19.5. The molecule has 2 aromatic rings. The zero-order valence-electron chi connectivity index (χ0n) is 13.3. The van der Waals surface area contributed by atoms with E-state index in [1.165, 1.54) is 0 Å². The van der Waals surface area contributed by atoms with Crippen LogP contribution < -0.4 is 5.32 Å². The van der Waals surface area contributed by atoms with Crippen molar-refractivity contribution in [2.24, 2.45) is 0 Å². The Kier molecular flexibility index (Phi) is 4.57. The van der Waals surface area contributed by atoms with Crippen LogP contribution in [0.25, 0.3) is 0 Å². The van der Waals surface area contributed by atoms with Gasteiger partial charge in [-0.3, -0.25) is 0 Å². The fourth-order valence-electron chi connectivity index (χ4n) is 2.49. The molecule has 1 aliphatic rings. The number of sulfone groups is 1. The molecule has 0 aliphatic heterocycles. The Morgan fingerprint density at radius 3 is 2.46 bits per heavy atom. The molecular formula is C18H19NO4S. The van der Waals surface area contributed by atoms with E-state index in [0.717, 1.165) is 11.1 Å². The van der Waals surface area contributed by atoms with Gasteiger partial charge in [-0.1, -0.05) is 48.0 Å². The molecule has 2 aromatic carbocycles. The van der Waals surface area contributed by atoms with E-state index in [1.54, 1.807) is 24.3 Å². The van der Waals surface area contributed by atoms with Crippen LogP contribution in [0.4, 0.5) is 4.79 Å². The van der Waals surface area contributed by atoms with Gasteiger partial charge in [0.25, 0.3) is 0 Å². The number of ether oxygens (including phenoxy) is 1. The number of amides is 1. The minimum absolute atomic E-state index is 0.161. The number of aryl methyl sites for hydroxylation is 1. The van der Waals surface area contributed by atoms with Gasteiger partial charge in [0.15, 0.2) is 9.84 Å². The summed E-state index contributed by atoms with van der Waals surface area (Å²) in [4.78, 5) is 12.1. The van der Waals surface area contributed by atoms with Crippen LogP contribution in [0.2, 0.25) is 0 Å². The molecule has 126 valence electrons. The summed E-state index contributed by atoms with van der Waals surface area (Å²) in [6.45, 7) is 2.06. The quantitative estimate of drug-likeness (QED) is 0.904. The van der Waals surface area contributed by atoms with Crippen LogP contribution in [0.3, 0.4) is 0 Å². The second-order valence-electron chi connectivity index (χ2n) is 5.94. The Balaban J connectivity index is 1.53. The zero-order chi connectivity index (χ0) is 17.2. The van der Waals surface area contributed by atoms with Gasteiger partial charge >= 0.3 is 6.09 Å². The van der Waals surface area contributed by atoms with E-state index in [-0.39, 0.29) is 12.6 Å². The molecule has 3 rings (SSSR count). The largest absolute Gasteiger partial charge is 0.445 e. The van der Waals surface area contributed by atoms with Crippen molar-refractivity contribution < 1.29 is 17.9 Å². The van der Waals surface area contributed by atoms with Crippen molar-refractivity contribution in [1.82, 2.24) is 5.32 Å². The molecule has 24 heavy (non-hydrogen) atoms. The van der Waals surface area contributed by atoms with Crippen molar-refractivity contribution in [2.45, 2.75) is 36.1 Å². The van der Waals surface area contributed by atoms with Crippen LogP contribution in [0.5, 0.6) is 0 Å². The molecule has 2 atom stereocenters. The first-order valence-electron chi connectivity index (χ1n) is 7.74. The molecular weight excluding hydrogens is 326 g/mol. The SMILES string of the molecule is Cc1ccc(S(=O)(=O)[C@@H]2C[C@H]2NC(=O)OCc2ccccc2)cc1. The zero-order valence-corrected chi connectivity index (χ0v) is 14.1. The molecule has 0 unspecified atom stereocenters. The van der Waals surface area contributed by atoms with Gasteiger partial charge < -0.3 is 10.1 Å². The number of hydrogen-bond acceptors (Lipinski definition) is 4. The van der Waals surface area contributed by atoms with Gasteiger partial charge in [-0.05, 0) is 31.0 Å². The number of benzene rings is 2. The molecule has 1 saturated carbocycles. The van der Waals surface area contributed by atoms with Gasteiger partial charge in [0.2, 0.25) is 0 Å². The highest BCUT2D eigenvalue weighted by molar-refractivity contribution is 7.92. The highest BCUT2D eigenvalue weighted by Gasteiger charge is 2.49. The molecule has 0 aromatic heterocycles. The number of hydrogen-bond donors (Lipinski definition) is 1. The fraction of sp³-hybridized carbons (Fsp3) is 0.278. The summed E-state index contributed by atoms with van der Waals surface area (Å²) >= 11 is 0. The monoisotopic (exact) mass is 345 g/mol. The van der Waals surface area contributed by atoms with Crippen LogP contribution in [-0.2, 0) is 21.2 Å². The van der Waals surface area contributed by atoms with E-state index in [2.05, 4.69) is 5.32 Å². The summed E-state index contributed by atoms with van der Waals surface area (Å²) in [5.41, 5.74) is 1.89. The highest BCUT2D eigenvalue weighted by Crippen LogP contribution is 2.34. The predicted molar refractivity (Wildman–Crippen MR) is 90.3 cm³/mol. The molecule has 1 fully saturated rings. The van der Waals surface area contributed by atoms with E-state index in [1.807, 2.05) is 37.3 Å². The van der Waals surface area contributed by atoms with Gasteiger partial charge in [-0.25, -0.2) is 13.2 Å². The van der Waals surface area contributed by atoms with E-state index >= 15 is 0 Å². The van der Waals surface area contributed by atoms with Gasteiger partial charge in [0.1, 0.15) is 6.61 Å². The molecule has 0 saturated heterocycles. The number of rotatable bonds is 5. The Labute approximate surface area is 141 Å². The molecule has 0 heterocycles. The van der Waals surface area contributed by atoms with Crippen LogP contribution in [0, 0.1) is 6.92 Å². The molecule has 0 bridgehead atoms. The smallest absolute Gasteiger partial charge is 0.407 e. The highest BCUT2D eigenvalue weighted by atomic mass is 32.2. The third kappa shape index (κ3) is 3.76. The fourth-order valence-corrected chi connectivity index (χ4v) is 4.31. The van der Waals surface area contributed by atoms with Crippen molar-refractivity contribution in [3.8, 4) is 0 Å². The van der Waals surface area contributed by atoms with Crippen molar-refractivity contribution in [2.75, 3.05) is 0 Å². The van der Waals surface area contributed by atoms with Gasteiger partial charge in [-0.2, -0.15) is 0 Å². The summed E-state index contributed by atoms with van der Waals surface area (Å²) in [5, 5.41) is 2.04. The predicted octanol–water partition coefficient (Wildman–Crippen LogP) is 2.84. The summed E-state index contributed by atoms with van der Waals surface area (Å²) in [7, 11) is -3.41. The molecule has 0 spiro atoms. The Morgan fingerprint density at radius 1 is 1.12 bits per heavy atom. The van der Waals surface area contributed by atoms with Crippen molar-refractivity contribution >= 4 is 15.9 Å². The van der Waals surface area contributed by atoms with Crippen molar-refractivity contribution in [3.63, 3.8) is 0 Å². The van der Waals surface area contributed by atoms with Crippen LogP contribution in [0.1, 0.15) is 17.5 Å². The van der Waals surface area contributed by atoms with Crippen molar-refractivity contribution in [1.29, 1.82) is 0 Å². The molecule has 1 aliphatic carbocycles. The summed E-state index contributed by atoms with van der Waals surface area (Å²) in [6, 6.07) is 15.7. The summed E-state index contributed by atoms with van der Waals surface area (Å²) in [6.07, 6.45) is -0.179. The van der Waals surface area contributed by atoms with Crippen LogP contribution >= 0.6 is 0 Å². The van der Waals surface area contributed by atoms with E-state index in [0.29, 0.717) is 11.3 Å². The molecule has 1 amide bonds. The third-order valence-electron chi connectivity index (χ3n) is 4.00. The third-order valence-corrected chi connectivity index (χ3v) is 6.24. The second kappa shape index (κ2) is 6.65. The minimum Gasteiger partial charge on any atom is -0.445 e. The lowest BCUT2D eigenvalue weighted by Crippen LogP contribution is -2.30. The van der Waals surface area contributed by atoms with E-state index in [4.69, 9.17) is 4.74 Å². The lowest BCUT2D eigenvalue weighted by atomic mass is 10.2. The second-order valence-corrected chi connectivity index (χ2v) is 8.11. The Morgan fingerprint density at radius 2 is 1.79 bits per heavy atom. The molecule has 5 nitrogen and oxygen atoms in total. The maximum Gasteiger partial charge on any atom is 0.407 e. The first-order valence-corrected chi connectivity index (χ1v) is 9.29. The van der Waals surface area contributed by atoms with Gasteiger partial charge in [0, 0.05) is 0 Å². The lowest BCUT2D eigenvalue weighted by molar-refractivity contribution is 0.139. The summed E-state index contributed by atoms with van der Waals surface area (Å²) < 4.78 is 30.1. The molecule has 1 N–H and O–H groups in total. The van der Waals surface area contributed by atoms with Crippen LogP contribution in [0.15, 0.2) is 59.5 Å². The molecule has 0 radical (unpaired) electrons. The minimum atomic E-state index is -3.41. The Hall–Kier alpha value is -2.34. The van der Waals surface area contributed by atoms with Crippen molar-refractivity contribution in [3.05, 3.63) is 65.7 Å². The van der Waals surface area contributed by atoms with Gasteiger partial charge in [0.05, 0.1) is 16.2 Å². The first-order chi connectivity index (χ1) is 11.5. The van der Waals surface area contributed by atoms with E-state index < -0.39 is 21.2 Å².